The van der Waals surface area contributed by atoms with E-state index in [0.29, 0.717) is 0 Å². The lowest BCUT2D eigenvalue weighted by molar-refractivity contribution is 0.629. The van der Waals surface area contributed by atoms with Crippen molar-refractivity contribution >= 4 is 23.0 Å². The number of hydrogen-bond donors (Lipinski definition) is 1. The molecule has 4 heteroatoms. The number of benzene rings is 1. The maximum Gasteiger partial charge on any atom is 0.143 e. The van der Waals surface area contributed by atoms with Crippen LogP contribution < -0.4 is 5.73 Å². The topological polar surface area (TPSA) is 49.8 Å². The second kappa shape index (κ2) is 2.34. The molecule has 2 nitrogen and oxygen atoms in total. The van der Waals surface area contributed by atoms with E-state index in [1.165, 1.54) is 6.07 Å². The van der Waals surface area contributed by atoms with E-state index in [2.05, 4.69) is 0 Å². The molecule has 10 heavy (non-hydrogen) atoms. The van der Waals surface area contributed by atoms with Crippen molar-refractivity contribution in [2.75, 3.05) is 5.73 Å². The van der Waals surface area contributed by atoms with Gasteiger partial charge in [-0.15, -0.1) is 5.69 Å². The van der Waals surface area contributed by atoms with E-state index < -0.39 is 5.82 Å². The first-order valence-electron chi connectivity index (χ1n) is 2.57. The molecule has 0 amide bonds. The maximum absolute atomic E-state index is 12.5. The molecule has 54 valence electrons. The van der Waals surface area contributed by atoms with Crippen LogP contribution in [0.2, 0.25) is 5.02 Å². The van der Waals surface area contributed by atoms with Gasteiger partial charge in [-0.05, 0) is 6.07 Å². The number of hydrogen-bond acceptors (Lipinski definition) is 1. The van der Waals surface area contributed by atoms with Crippen LogP contribution in [0.25, 0.3) is 5.73 Å². The van der Waals surface area contributed by atoms with Gasteiger partial charge in [-0.1, -0.05) is 17.7 Å². The van der Waals surface area contributed by atoms with Crippen LogP contribution in [0.15, 0.2) is 12.1 Å². The molecular formula is C6H5ClFN2-. The second-order valence-corrected chi connectivity index (χ2v) is 2.26. The zero-order chi connectivity index (χ0) is 7.72. The number of nitrogens with two attached hydrogens (primary N) is 1. The third-order valence-electron chi connectivity index (χ3n) is 1.09. The van der Waals surface area contributed by atoms with Crippen molar-refractivity contribution in [2.45, 2.75) is 0 Å². The highest BCUT2D eigenvalue weighted by Crippen LogP contribution is 2.27. The zero-order valence-electron chi connectivity index (χ0n) is 4.99. The van der Waals surface area contributed by atoms with Gasteiger partial charge in [-0.3, -0.25) is 0 Å². The molecule has 0 aliphatic heterocycles. The summed E-state index contributed by atoms with van der Waals surface area (Å²) < 4.78 is 12.5. The minimum absolute atomic E-state index is 0.0476. The Morgan fingerprint density at radius 2 is 2.10 bits per heavy atom. The summed E-state index contributed by atoms with van der Waals surface area (Å²) in [4.78, 5) is 0. The monoisotopic (exact) mass is 159 g/mol. The van der Waals surface area contributed by atoms with Crippen LogP contribution in [0, 0.1) is 5.82 Å². The fraction of sp³-hybridized carbons (Fsp3) is 0. The van der Waals surface area contributed by atoms with E-state index >= 15 is 0 Å². The first-order chi connectivity index (χ1) is 4.61. The van der Waals surface area contributed by atoms with Gasteiger partial charge in [-0.25, -0.2) is 4.39 Å². The van der Waals surface area contributed by atoms with Crippen LogP contribution >= 0.6 is 11.6 Å². The Balaban J connectivity index is 3.28. The van der Waals surface area contributed by atoms with Crippen molar-refractivity contribution in [1.82, 2.24) is 0 Å². The molecular weight excluding hydrogens is 155 g/mol. The van der Waals surface area contributed by atoms with Crippen LogP contribution in [0.1, 0.15) is 0 Å². The predicted molar refractivity (Wildman–Crippen MR) is 39.8 cm³/mol. The molecule has 0 aromatic heterocycles. The molecule has 0 saturated heterocycles. The van der Waals surface area contributed by atoms with Crippen LogP contribution in [-0.4, -0.2) is 0 Å². The first-order valence-corrected chi connectivity index (χ1v) is 2.95. The van der Waals surface area contributed by atoms with E-state index in [0.717, 1.165) is 6.07 Å². The SMILES string of the molecule is [NH-]c1cc(Cl)c(F)cc1N. The Kier molecular flexibility index (Phi) is 1.68. The highest BCUT2D eigenvalue weighted by atomic mass is 35.5. The predicted octanol–water partition coefficient (Wildman–Crippen LogP) is 2.75. The van der Waals surface area contributed by atoms with Crippen molar-refractivity contribution in [3.8, 4) is 0 Å². The van der Waals surface area contributed by atoms with Gasteiger partial charge in [-0.2, -0.15) is 0 Å². The minimum atomic E-state index is -0.588. The Morgan fingerprint density at radius 3 is 2.60 bits per heavy atom. The van der Waals surface area contributed by atoms with Crippen LogP contribution in [0.4, 0.5) is 15.8 Å². The van der Waals surface area contributed by atoms with Gasteiger partial charge in [0.15, 0.2) is 0 Å². The maximum atomic E-state index is 12.5. The van der Waals surface area contributed by atoms with Crippen molar-refractivity contribution in [1.29, 1.82) is 0 Å². The third kappa shape index (κ3) is 1.14. The molecule has 0 heterocycles. The molecule has 1 aromatic carbocycles. The fourth-order valence-corrected chi connectivity index (χ4v) is 0.726. The van der Waals surface area contributed by atoms with Crippen LogP contribution in [0.5, 0.6) is 0 Å². The molecule has 0 atom stereocenters. The Hall–Kier alpha value is -0.960. The first kappa shape index (κ1) is 7.15. The van der Waals surface area contributed by atoms with Gasteiger partial charge in [0, 0.05) is 5.69 Å². The molecule has 1 rings (SSSR count). The van der Waals surface area contributed by atoms with Gasteiger partial charge in [0.25, 0.3) is 0 Å². The van der Waals surface area contributed by atoms with E-state index in [1.807, 2.05) is 0 Å². The smallest absolute Gasteiger partial charge is 0.143 e. The number of halogens is 2. The van der Waals surface area contributed by atoms with E-state index in [9.17, 15) is 4.39 Å². The summed E-state index contributed by atoms with van der Waals surface area (Å²) in [5, 5.41) is -0.0702. The second-order valence-electron chi connectivity index (χ2n) is 1.85. The van der Waals surface area contributed by atoms with Gasteiger partial charge in [0.2, 0.25) is 0 Å². The van der Waals surface area contributed by atoms with Crippen LogP contribution in [-0.2, 0) is 0 Å². The zero-order valence-corrected chi connectivity index (χ0v) is 5.74. The number of anilines is 1. The van der Waals surface area contributed by atoms with Gasteiger partial charge >= 0.3 is 0 Å². The minimum Gasteiger partial charge on any atom is -0.697 e. The summed E-state index contributed by atoms with van der Waals surface area (Å²) in [6.45, 7) is 0. The average Bonchev–Trinajstić information content (AvgIpc) is 1.84. The van der Waals surface area contributed by atoms with E-state index in [1.54, 1.807) is 0 Å². The quantitative estimate of drug-likeness (QED) is 0.582. The lowest BCUT2D eigenvalue weighted by Gasteiger charge is -2.07. The average molecular weight is 160 g/mol. The molecule has 0 fully saturated rings. The van der Waals surface area contributed by atoms with Crippen molar-refractivity contribution in [3.05, 3.63) is 28.7 Å². The van der Waals surface area contributed by atoms with Crippen molar-refractivity contribution in [3.63, 3.8) is 0 Å². The highest BCUT2D eigenvalue weighted by molar-refractivity contribution is 6.31. The molecule has 0 unspecified atom stereocenters. The Labute approximate surface area is 62.6 Å². The molecule has 0 aliphatic rings. The summed E-state index contributed by atoms with van der Waals surface area (Å²) in [5.41, 5.74) is 12.4. The summed E-state index contributed by atoms with van der Waals surface area (Å²) in [7, 11) is 0. The third-order valence-corrected chi connectivity index (χ3v) is 1.38. The summed E-state index contributed by atoms with van der Waals surface area (Å²) in [6, 6.07) is 2.21. The van der Waals surface area contributed by atoms with E-state index in [-0.39, 0.29) is 16.4 Å². The van der Waals surface area contributed by atoms with Gasteiger partial charge in [0.1, 0.15) is 5.82 Å². The largest absolute Gasteiger partial charge is 0.697 e. The normalized spacial score (nSPS) is 9.80. The fourth-order valence-electron chi connectivity index (χ4n) is 0.562. The number of nitrogens with one attached hydrogen (secondary N) is 1. The van der Waals surface area contributed by atoms with Gasteiger partial charge in [0.05, 0.1) is 5.02 Å². The van der Waals surface area contributed by atoms with Crippen molar-refractivity contribution in [2.24, 2.45) is 0 Å². The van der Waals surface area contributed by atoms with Gasteiger partial charge < -0.3 is 11.5 Å². The molecule has 0 bridgehead atoms. The molecule has 1 aromatic rings. The lowest BCUT2D eigenvalue weighted by atomic mass is 10.3. The summed E-state index contributed by atoms with van der Waals surface area (Å²) in [5.74, 6) is -0.588. The van der Waals surface area contributed by atoms with Crippen LogP contribution in [0.3, 0.4) is 0 Å². The van der Waals surface area contributed by atoms with Crippen molar-refractivity contribution < 1.29 is 4.39 Å². The Bertz CT molecular complexity index is 212. The standard InChI is InChI=1S/C6H5ClFN2/c7-3-1-5(9)6(10)2-4(3)8/h1-2,9H,10H2/q-1. The number of rotatable bonds is 0. The summed E-state index contributed by atoms with van der Waals surface area (Å²) >= 11 is 5.34. The molecule has 0 radical (unpaired) electrons. The Morgan fingerprint density at radius 1 is 1.50 bits per heavy atom. The molecule has 0 aliphatic carbocycles. The molecule has 0 spiro atoms. The molecule has 0 saturated carbocycles. The van der Waals surface area contributed by atoms with E-state index in [4.69, 9.17) is 23.1 Å². The number of nitrogen functional groups attached to an aromatic ring is 1. The highest BCUT2D eigenvalue weighted by Gasteiger charge is 1.98. The molecule has 3 N–H and O–H groups in total. The lowest BCUT2D eigenvalue weighted by Crippen LogP contribution is -1.86. The summed E-state index contributed by atoms with van der Waals surface area (Å²) in [6.07, 6.45) is 0.